The first-order chi connectivity index (χ1) is 15.1. The Kier molecular flexibility index (Phi) is 8.95. The van der Waals surface area contributed by atoms with Gasteiger partial charge in [0.05, 0.1) is 6.61 Å². The van der Waals surface area contributed by atoms with Gasteiger partial charge in [-0.25, -0.2) is 0 Å². The number of ether oxygens (including phenoxy) is 1. The number of carbonyl (C=O) groups excluding carboxylic acids is 2. The summed E-state index contributed by atoms with van der Waals surface area (Å²) in [5.41, 5.74) is 1.87. The van der Waals surface area contributed by atoms with Gasteiger partial charge in [-0.1, -0.05) is 41.4 Å². The summed E-state index contributed by atoms with van der Waals surface area (Å²) in [5.74, 6) is 0.998. The molecule has 1 saturated heterocycles. The molecule has 0 aromatic heterocycles. The molecule has 1 aliphatic heterocycles. The molecule has 0 saturated carbocycles. The van der Waals surface area contributed by atoms with Gasteiger partial charge in [-0.2, -0.15) is 0 Å². The van der Waals surface area contributed by atoms with Crippen molar-refractivity contribution in [3.8, 4) is 5.75 Å². The number of nitrogens with one attached hydrogen (secondary N) is 1. The largest absolute Gasteiger partial charge is 0.494 e. The molecule has 2 amide bonds. The van der Waals surface area contributed by atoms with Crippen LogP contribution in [0.15, 0.2) is 53.0 Å². The van der Waals surface area contributed by atoms with Crippen molar-refractivity contribution in [1.29, 1.82) is 0 Å². The van der Waals surface area contributed by atoms with Crippen molar-refractivity contribution in [3.63, 3.8) is 0 Å². The molecule has 1 fully saturated rings. The number of amides is 2. The van der Waals surface area contributed by atoms with Crippen molar-refractivity contribution in [2.45, 2.75) is 39.0 Å². The van der Waals surface area contributed by atoms with Crippen molar-refractivity contribution in [1.82, 2.24) is 10.2 Å². The van der Waals surface area contributed by atoms with Gasteiger partial charge in [-0.3, -0.25) is 9.59 Å². The van der Waals surface area contributed by atoms with Crippen molar-refractivity contribution in [2.24, 2.45) is 5.92 Å². The number of halogens is 1. The minimum Gasteiger partial charge on any atom is -0.494 e. The Hall–Kier alpha value is -2.34. The third-order valence-electron chi connectivity index (χ3n) is 5.65. The molecule has 5 nitrogen and oxygen atoms in total. The predicted octanol–water partition coefficient (Wildman–Crippen LogP) is 4.84. The van der Waals surface area contributed by atoms with Crippen LogP contribution in [0.5, 0.6) is 5.75 Å². The van der Waals surface area contributed by atoms with Gasteiger partial charge >= 0.3 is 0 Å². The number of rotatable bonds is 9. The Balaban J connectivity index is 1.37. The fourth-order valence-corrected chi connectivity index (χ4v) is 3.95. The van der Waals surface area contributed by atoms with Crippen LogP contribution in [0.3, 0.4) is 0 Å². The number of carbonyl (C=O) groups is 2. The topological polar surface area (TPSA) is 58.6 Å². The molecule has 2 aromatic carbocycles. The number of benzene rings is 2. The molecule has 0 bridgehead atoms. The van der Waals surface area contributed by atoms with Gasteiger partial charge in [0.1, 0.15) is 5.75 Å². The van der Waals surface area contributed by atoms with Crippen LogP contribution in [0.2, 0.25) is 0 Å². The highest BCUT2D eigenvalue weighted by Gasteiger charge is 2.27. The average Bonchev–Trinajstić information content (AvgIpc) is 2.80. The number of hydrogen-bond acceptors (Lipinski definition) is 3. The van der Waals surface area contributed by atoms with E-state index in [1.54, 1.807) is 0 Å². The maximum atomic E-state index is 12.6. The van der Waals surface area contributed by atoms with Crippen LogP contribution in [0, 0.1) is 5.92 Å². The van der Waals surface area contributed by atoms with Crippen LogP contribution in [-0.4, -0.2) is 43.0 Å². The molecule has 1 heterocycles. The summed E-state index contributed by atoms with van der Waals surface area (Å²) in [6.45, 7) is 4.75. The highest BCUT2D eigenvalue weighted by molar-refractivity contribution is 9.10. The summed E-state index contributed by atoms with van der Waals surface area (Å²) in [4.78, 5) is 27.0. The lowest BCUT2D eigenvalue weighted by Crippen LogP contribution is -2.43. The van der Waals surface area contributed by atoms with E-state index in [0.717, 1.165) is 36.1 Å². The van der Waals surface area contributed by atoms with E-state index in [1.165, 1.54) is 5.56 Å². The van der Waals surface area contributed by atoms with Crippen molar-refractivity contribution in [3.05, 3.63) is 64.1 Å². The third-order valence-corrected chi connectivity index (χ3v) is 6.18. The molecule has 166 valence electrons. The number of nitrogens with zero attached hydrogens (tertiary/aromatic N) is 1. The van der Waals surface area contributed by atoms with E-state index in [1.807, 2.05) is 41.3 Å². The first kappa shape index (κ1) is 23.3. The predicted molar refractivity (Wildman–Crippen MR) is 126 cm³/mol. The smallest absolute Gasteiger partial charge is 0.253 e. The van der Waals surface area contributed by atoms with Gasteiger partial charge in [-0.15, -0.1) is 0 Å². The molecule has 0 radical (unpaired) electrons. The number of unbranched alkanes of at least 4 members (excludes halogenated alkanes) is 1. The monoisotopic (exact) mass is 486 g/mol. The fraction of sp³-hybridized carbons (Fsp3) is 0.440. The third kappa shape index (κ3) is 7.10. The summed E-state index contributed by atoms with van der Waals surface area (Å²) in [6.07, 6.45) is 4.39. The molecule has 0 unspecified atom stereocenters. The van der Waals surface area contributed by atoms with Gasteiger partial charge in [0.15, 0.2) is 0 Å². The van der Waals surface area contributed by atoms with Crippen LogP contribution in [-0.2, 0) is 11.2 Å². The standard InChI is InChI=1S/C25H31BrN2O3/c1-2-3-18-31-23-10-4-19(5-11-23)12-15-27-24(29)20-13-16-28(17-14-20)25(30)21-6-8-22(26)9-7-21/h4-11,20H,2-3,12-18H2,1H3,(H,27,29). The quantitative estimate of drug-likeness (QED) is 0.515. The van der Waals surface area contributed by atoms with Crippen LogP contribution in [0.25, 0.3) is 0 Å². The summed E-state index contributed by atoms with van der Waals surface area (Å²) in [6, 6.07) is 15.5. The Morgan fingerprint density at radius 1 is 1.06 bits per heavy atom. The highest BCUT2D eigenvalue weighted by Crippen LogP contribution is 2.20. The average molecular weight is 487 g/mol. The van der Waals surface area contributed by atoms with Crippen LogP contribution >= 0.6 is 15.9 Å². The zero-order chi connectivity index (χ0) is 22.1. The van der Waals surface area contributed by atoms with E-state index in [2.05, 4.69) is 40.3 Å². The lowest BCUT2D eigenvalue weighted by Gasteiger charge is -2.31. The Morgan fingerprint density at radius 2 is 1.74 bits per heavy atom. The number of likely N-dealkylation sites (tertiary alicyclic amines) is 1. The van der Waals surface area contributed by atoms with Crippen LogP contribution in [0.1, 0.15) is 48.5 Å². The van der Waals surface area contributed by atoms with Gasteiger partial charge < -0.3 is 15.0 Å². The molecule has 1 aliphatic rings. The molecule has 0 aliphatic carbocycles. The Bertz CT molecular complexity index is 844. The van der Waals surface area contributed by atoms with E-state index in [4.69, 9.17) is 4.74 Å². The van der Waals surface area contributed by atoms with E-state index in [0.29, 0.717) is 38.0 Å². The lowest BCUT2D eigenvalue weighted by molar-refractivity contribution is -0.126. The Morgan fingerprint density at radius 3 is 2.39 bits per heavy atom. The first-order valence-electron chi connectivity index (χ1n) is 11.1. The molecule has 31 heavy (non-hydrogen) atoms. The fourth-order valence-electron chi connectivity index (χ4n) is 3.68. The minimum atomic E-state index is -0.0247. The first-order valence-corrected chi connectivity index (χ1v) is 11.9. The summed E-state index contributed by atoms with van der Waals surface area (Å²) < 4.78 is 6.64. The van der Waals surface area contributed by atoms with Gasteiger partial charge in [0, 0.05) is 35.6 Å². The second kappa shape index (κ2) is 11.9. The Labute approximate surface area is 193 Å². The van der Waals surface area contributed by atoms with Gasteiger partial charge in [0.2, 0.25) is 5.91 Å². The number of hydrogen-bond donors (Lipinski definition) is 1. The van der Waals surface area contributed by atoms with E-state index in [9.17, 15) is 9.59 Å². The zero-order valence-corrected chi connectivity index (χ0v) is 19.7. The molecule has 1 N–H and O–H groups in total. The molecule has 3 rings (SSSR count). The summed E-state index contributed by atoms with van der Waals surface area (Å²) in [5, 5.41) is 3.06. The molecular formula is C25H31BrN2O3. The van der Waals surface area contributed by atoms with Crippen molar-refractivity contribution < 1.29 is 14.3 Å². The second-order valence-corrected chi connectivity index (χ2v) is 8.88. The van der Waals surface area contributed by atoms with E-state index in [-0.39, 0.29) is 17.7 Å². The molecule has 0 spiro atoms. The van der Waals surface area contributed by atoms with Crippen LogP contribution < -0.4 is 10.1 Å². The summed E-state index contributed by atoms with van der Waals surface area (Å²) >= 11 is 3.39. The summed E-state index contributed by atoms with van der Waals surface area (Å²) in [7, 11) is 0. The highest BCUT2D eigenvalue weighted by atomic mass is 79.9. The van der Waals surface area contributed by atoms with Crippen LogP contribution in [0.4, 0.5) is 0 Å². The van der Waals surface area contributed by atoms with Crippen molar-refractivity contribution >= 4 is 27.7 Å². The van der Waals surface area contributed by atoms with E-state index >= 15 is 0 Å². The molecule has 6 heteroatoms. The normalized spacial score (nSPS) is 14.3. The minimum absolute atomic E-state index is 0.0247. The van der Waals surface area contributed by atoms with Gasteiger partial charge in [-0.05, 0) is 67.6 Å². The maximum absolute atomic E-state index is 12.6. The molecule has 0 atom stereocenters. The lowest BCUT2D eigenvalue weighted by atomic mass is 9.95. The SMILES string of the molecule is CCCCOc1ccc(CCNC(=O)C2CCN(C(=O)c3ccc(Br)cc3)CC2)cc1. The van der Waals surface area contributed by atoms with E-state index < -0.39 is 0 Å². The van der Waals surface area contributed by atoms with Crippen molar-refractivity contribution in [2.75, 3.05) is 26.2 Å². The second-order valence-electron chi connectivity index (χ2n) is 7.96. The molecular weight excluding hydrogens is 456 g/mol. The molecule has 2 aromatic rings. The maximum Gasteiger partial charge on any atom is 0.253 e. The number of piperidine rings is 1. The van der Waals surface area contributed by atoms with Gasteiger partial charge in [0.25, 0.3) is 5.91 Å². The zero-order valence-electron chi connectivity index (χ0n) is 18.1.